The van der Waals surface area contributed by atoms with Crippen molar-refractivity contribution in [3.63, 3.8) is 0 Å². The second-order valence-corrected chi connectivity index (χ2v) is 4.17. The van der Waals surface area contributed by atoms with Crippen LogP contribution < -0.4 is 16.6 Å². The van der Waals surface area contributed by atoms with E-state index in [0.717, 1.165) is 0 Å². The molecule has 10 heteroatoms. The number of amides is 1. The molecule has 1 heterocycles. The van der Waals surface area contributed by atoms with Crippen LogP contribution in [0.5, 0.6) is 0 Å². The number of benzene rings is 1. The molecule has 5 N–H and O–H groups in total. The number of aromatic nitrogens is 3. The smallest absolute Gasteiger partial charge is 0.294 e. The van der Waals surface area contributed by atoms with E-state index < -0.39 is 16.9 Å². The Bertz CT molecular complexity index is 656. The number of carbonyl (C=O) groups excluding carboxylic acids is 1. The molecule has 0 fully saturated rings. The summed E-state index contributed by atoms with van der Waals surface area (Å²) in [5, 5.41) is 19.9. The molecule has 0 saturated heterocycles. The fraction of sp³-hybridized carbons (Fsp3) is 0.182. The van der Waals surface area contributed by atoms with Gasteiger partial charge in [-0.2, -0.15) is 5.10 Å². The van der Waals surface area contributed by atoms with Crippen LogP contribution in [0.1, 0.15) is 29.1 Å². The van der Waals surface area contributed by atoms with Crippen LogP contribution in [0.4, 0.5) is 11.4 Å². The van der Waals surface area contributed by atoms with Gasteiger partial charge in [0, 0.05) is 6.07 Å². The van der Waals surface area contributed by atoms with Gasteiger partial charge in [0.05, 0.1) is 16.5 Å². The van der Waals surface area contributed by atoms with Gasteiger partial charge in [-0.25, -0.2) is 4.98 Å². The number of aromatic amines is 1. The van der Waals surface area contributed by atoms with E-state index in [1.807, 2.05) is 0 Å². The highest BCUT2D eigenvalue weighted by Crippen LogP contribution is 2.27. The highest BCUT2D eigenvalue weighted by Gasteiger charge is 2.22. The largest absolute Gasteiger partial charge is 0.342 e. The van der Waals surface area contributed by atoms with Gasteiger partial charge in [-0.3, -0.25) is 25.9 Å². The van der Waals surface area contributed by atoms with Gasteiger partial charge in [0.2, 0.25) is 0 Å². The lowest BCUT2D eigenvalue weighted by molar-refractivity contribution is -0.384. The number of anilines is 1. The monoisotopic (exact) mass is 291 g/mol. The lowest BCUT2D eigenvalue weighted by Gasteiger charge is -2.13. The summed E-state index contributed by atoms with van der Waals surface area (Å²) in [5.74, 6) is 5.24. The second kappa shape index (κ2) is 5.96. The zero-order valence-electron chi connectivity index (χ0n) is 11.0. The lowest BCUT2D eigenvalue weighted by Crippen LogP contribution is -2.28. The Kier molecular flexibility index (Phi) is 4.09. The molecule has 0 aliphatic carbocycles. The zero-order valence-corrected chi connectivity index (χ0v) is 11.0. The number of nitrogen functional groups attached to an aromatic ring is 1. The van der Waals surface area contributed by atoms with Crippen molar-refractivity contribution in [2.45, 2.75) is 13.0 Å². The number of hydrogen-bond acceptors (Lipinski definition) is 7. The van der Waals surface area contributed by atoms with Crippen LogP contribution in [-0.4, -0.2) is 26.0 Å². The molecule has 2 rings (SSSR count). The molecule has 2 aromatic rings. The topological polar surface area (TPSA) is 152 Å². The summed E-state index contributed by atoms with van der Waals surface area (Å²) in [6.07, 6.45) is 1.32. The molecule has 110 valence electrons. The van der Waals surface area contributed by atoms with Gasteiger partial charge in [0.25, 0.3) is 11.6 Å². The van der Waals surface area contributed by atoms with E-state index in [0.29, 0.717) is 5.82 Å². The fourth-order valence-electron chi connectivity index (χ4n) is 1.80. The van der Waals surface area contributed by atoms with Gasteiger partial charge in [0.15, 0.2) is 0 Å². The third-order valence-electron chi connectivity index (χ3n) is 2.82. The maximum atomic E-state index is 12.2. The Morgan fingerprint density at radius 2 is 2.29 bits per heavy atom. The molecule has 21 heavy (non-hydrogen) atoms. The molecule has 10 nitrogen and oxygen atoms in total. The number of nitrogens with two attached hydrogens (primary N) is 1. The van der Waals surface area contributed by atoms with Gasteiger partial charge in [-0.05, 0) is 13.0 Å². The van der Waals surface area contributed by atoms with Crippen LogP contribution in [0.3, 0.4) is 0 Å². The van der Waals surface area contributed by atoms with Gasteiger partial charge in [-0.15, -0.1) is 0 Å². The number of para-hydroxylation sites is 1. The first kappa shape index (κ1) is 14.4. The number of hydrazine groups is 1. The zero-order chi connectivity index (χ0) is 15.4. The number of nitro groups is 1. The molecule has 1 unspecified atom stereocenters. The molecule has 1 atom stereocenters. The maximum Gasteiger partial charge on any atom is 0.294 e. The normalized spacial score (nSPS) is 11.7. The van der Waals surface area contributed by atoms with Crippen LogP contribution in [0, 0.1) is 10.1 Å². The van der Waals surface area contributed by atoms with Crippen molar-refractivity contribution in [3.05, 3.63) is 46.0 Å². The first-order valence-electron chi connectivity index (χ1n) is 5.94. The lowest BCUT2D eigenvalue weighted by atomic mass is 10.1. The minimum absolute atomic E-state index is 0.0511. The number of hydrogen-bond donors (Lipinski definition) is 4. The number of nitro benzene ring substituents is 1. The first-order valence-corrected chi connectivity index (χ1v) is 5.94. The minimum Gasteiger partial charge on any atom is -0.342 e. The Labute approximate surface area is 118 Å². The summed E-state index contributed by atoms with van der Waals surface area (Å²) in [4.78, 5) is 26.4. The van der Waals surface area contributed by atoms with Gasteiger partial charge in [-0.1, -0.05) is 6.07 Å². The quantitative estimate of drug-likeness (QED) is 0.355. The summed E-state index contributed by atoms with van der Waals surface area (Å²) in [7, 11) is 0. The van der Waals surface area contributed by atoms with Crippen molar-refractivity contribution in [2.75, 3.05) is 5.43 Å². The highest BCUT2D eigenvalue weighted by molar-refractivity contribution is 6.01. The SMILES string of the molecule is CC(NC(=O)c1cccc([N+](=O)[O-])c1NN)c1ncn[nH]1. The second-order valence-electron chi connectivity index (χ2n) is 4.17. The molecule has 0 aliphatic heterocycles. The Balaban J connectivity index is 2.27. The molecule has 0 aliphatic rings. The number of H-pyrrole nitrogens is 1. The molecular formula is C11H13N7O3. The number of rotatable bonds is 5. The van der Waals surface area contributed by atoms with Crippen LogP contribution in [0.2, 0.25) is 0 Å². The molecule has 0 saturated carbocycles. The Morgan fingerprint density at radius 3 is 2.86 bits per heavy atom. The average Bonchev–Trinajstić information content (AvgIpc) is 3.00. The predicted molar refractivity (Wildman–Crippen MR) is 73.2 cm³/mol. The number of nitrogens with zero attached hydrogens (tertiary/aromatic N) is 3. The minimum atomic E-state index is -0.619. The predicted octanol–water partition coefficient (Wildman–Crippen LogP) is 0.490. The van der Waals surface area contributed by atoms with Crippen molar-refractivity contribution in [1.82, 2.24) is 20.5 Å². The third-order valence-corrected chi connectivity index (χ3v) is 2.82. The van der Waals surface area contributed by atoms with Gasteiger partial charge in [0.1, 0.15) is 17.8 Å². The van der Waals surface area contributed by atoms with Crippen molar-refractivity contribution >= 4 is 17.3 Å². The molecule has 1 aromatic heterocycles. The third kappa shape index (κ3) is 2.95. The molecular weight excluding hydrogens is 278 g/mol. The molecule has 0 spiro atoms. The van der Waals surface area contributed by atoms with Crippen LogP contribution in [-0.2, 0) is 0 Å². The van der Waals surface area contributed by atoms with E-state index in [-0.39, 0.29) is 16.9 Å². The molecule has 1 amide bonds. The van der Waals surface area contributed by atoms with Crippen LogP contribution in [0.25, 0.3) is 0 Å². The molecule has 1 aromatic carbocycles. The molecule has 0 bridgehead atoms. The number of nitrogens with one attached hydrogen (secondary N) is 3. The summed E-state index contributed by atoms with van der Waals surface area (Å²) >= 11 is 0. The Morgan fingerprint density at radius 1 is 1.52 bits per heavy atom. The maximum absolute atomic E-state index is 12.2. The first-order chi connectivity index (χ1) is 10.0. The van der Waals surface area contributed by atoms with Gasteiger partial charge < -0.3 is 10.7 Å². The Hall–Kier alpha value is -3.01. The summed E-state index contributed by atoms with van der Waals surface area (Å²) in [6, 6.07) is 3.66. The van der Waals surface area contributed by atoms with Crippen LogP contribution >= 0.6 is 0 Å². The standard InChI is InChI=1S/C11H13N7O3/c1-6(10-13-5-14-17-10)15-11(19)7-3-2-4-8(18(20)21)9(7)16-12/h2-6,16H,12H2,1H3,(H,15,19)(H,13,14,17). The number of carbonyl (C=O) groups is 1. The van der Waals surface area contributed by atoms with E-state index in [9.17, 15) is 14.9 Å². The van der Waals surface area contributed by atoms with E-state index in [4.69, 9.17) is 5.84 Å². The average molecular weight is 291 g/mol. The molecule has 0 radical (unpaired) electrons. The van der Waals surface area contributed by atoms with E-state index >= 15 is 0 Å². The summed E-state index contributed by atoms with van der Waals surface area (Å²) < 4.78 is 0. The van der Waals surface area contributed by atoms with Gasteiger partial charge >= 0.3 is 0 Å². The van der Waals surface area contributed by atoms with Crippen LogP contribution in [0.15, 0.2) is 24.5 Å². The highest BCUT2D eigenvalue weighted by atomic mass is 16.6. The fourth-order valence-corrected chi connectivity index (χ4v) is 1.80. The van der Waals surface area contributed by atoms with Crippen molar-refractivity contribution in [2.24, 2.45) is 5.84 Å². The van der Waals surface area contributed by atoms with Crippen molar-refractivity contribution in [1.29, 1.82) is 0 Å². The van der Waals surface area contributed by atoms with E-state index in [2.05, 4.69) is 25.9 Å². The van der Waals surface area contributed by atoms with E-state index in [1.165, 1.54) is 24.5 Å². The van der Waals surface area contributed by atoms with Crippen molar-refractivity contribution in [3.8, 4) is 0 Å². The van der Waals surface area contributed by atoms with E-state index in [1.54, 1.807) is 6.92 Å². The summed E-state index contributed by atoms with van der Waals surface area (Å²) in [5.41, 5.74) is 1.93. The van der Waals surface area contributed by atoms with Crippen molar-refractivity contribution < 1.29 is 9.72 Å². The summed E-state index contributed by atoms with van der Waals surface area (Å²) in [6.45, 7) is 1.70.